The van der Waals surface area contributed by atoms with E-state index in [0.29, 0.717) is 0 Å². The first-order chi connectivity index (χ1) is 5.41. The summed E-state index contributed by atoms with van der Waals surface area (Å²) in [6.07, 6.45) is 1.25. The second-order valence-electron chi connectivity index (χ2n) is 1.60. The molecule has 0 saturated carbocycles. The first kappa shape index (κ1) is 29.3. The van der Waals surface area contributed by atoms with E-state index in [0.717, 1.165) is 0 Å². The lowest BCUT2D eigenvalue weighted by Crippen LogP contribution is -1.89. The first-order valence-electron chi connectivity index (χ1n) is 2.81. The fourth-order valence-corrected chi connectivity index (χ4v) is 0. The molecule has 0 aliphatic rings. The maximum Gasteiger partial charge on any atom is 0.394 e. The quantitative estimate of drug-likeness (QED) is 0.379. The molecule has 8 N–H and O–H groups in total. The van der Waals surface area contributed by atoms with Gasteiger partial charge < -0.3 is 11.0 Å². The Morgan fingerprint density at radius 3 is 0.733 bits per heavy atom. The second-order valence-corrected chi connectivity index (χ2v) is 3.39. The molecule has 0 saturated heterocycles. The molecule has 10 nitrogen and oxygen atoms in total. The third-order valence-corrected chi connectivity index (χ3v) is 0. The van der Waals surface area contributed by atoms with E-state index in [4.69, 9.17) is 35.0 Å². The Labute approximate surface area is 87.7 Å². The Hall–Kier alpha value is -0.340. The van der Waals surface area contributed by atoms with Gasteiger partial charge in [0.2, 0.25) is 0 Å². The lowest BCUT2D eigenvalue weighted by Gasteiger charge is -1.68. The lowest BCUT2D eigenvalue weighted by molar-refractivity contribution is 0.378. The molecule has 0 rings (SSSR count). The minimum Gasteiger partial charge on any atom is -0.412 e. The molecule has 0 amide bonds. The van der Waals surface area contributed by atoms with Crippen molar-refractivity contribution in [3.05, 3.63) is 0 Å². The summed E-state index contributed by atoms with van der Waals surface area (Å²) in [5, 5.41) is 0. The van der Waals surface area contributed by atoms with Crippen LogP contribution < -0.4 is 0 Å². The van der Waals surface area contributed by atoms with Gasteiger partial charge in [0.15, 0.2) is 0 Å². The van der Waals surface area contributed by atoms with Crippen LogP contribution in [0.1, 0.15) is 20.3 Å². The fraction of sp³-hybridized carbons (Fsp3) is 1.00. The molecule has 0 aliphatic heterocycles. The van der Waals surface area contributed by atoms with Gasteiger partial charge in [-0.1, -0.05) is 20.3 Å². The smallest absolute Gasteiger partial charge is 0.394 e. The van der Waals surface area contributed by atoms with E-state index in [1.807, 2.05) is 0 Å². The topological polar surface area (TPSA) is 212 Å². The zero-order chi connectivity index (χ0) is 11.7. The van der Waals surface area contributed by atoms with Crippen LogP contribution in [-0.4, -0.2) is 46.0 Å². The van der Waals surface area contributed by atoms with Crippen molar-refractivity contribution in [2.24, 2.45) is 0 Å². The van der Waals surface area contributed by atoms with E-state index in [1.165, 1.54) is 6.42 Å². The monoisotopic (exact) mass is 276 g/mol. The van der Waals surface area contributed by atoms with Crippen LogP contribution in [-0.2, 0) is 20.8 Å². The third-order valence-electron chi connectivity index (χ3n) is 0. The van der Waals surface area contributed by atoms with E-state index in [1.54, 1.807) is 0 Å². The molecule has 0 radical (unpaired) electrons. The van der Waals surface area contributed by atoms with Gasteiger partial charge in [-0.15, -0.1) is 0 Å². The van der Waals surface area contributed by atoms with Gasteiger partial charge in [0.25, 0.3) is 0 Å². The molecule has 0 heterocycles. The predicted molar refractivity (Wildman–Crippen MR) is 51.5 cm³/mol. The highest BCUT2D eigenvalue weighted by Gasteiger charge is 1.85. The van der Waals surface area contributed by atoms with Crippen LogP contribution in [0.5, 0.6) is 0 Å². The van der Waals surface area contributed by atoms with Crippen molar-refractivity contribution < 1.29 is 46.0 Å². The van der Waals surface area contributed by atoms with Crippen LogP contribution in [0, 0.1) is 0 Å². The van der Waals surface area contributed by atoms with E-state index < -0.39 is 20.8 Å². The van der Waals surface area contributed by atoms with Gasteiger partial charge in [-0.3, -0.25) is 18.2 Å². The Balaban J connectivity index is -0.0000000322. The van der Waals surface area contributed by atoms with Crippen LogP contribution in [0.4, 0.5) is 0 Å². The number of rotatable bonds is 0. The van der Waals surface area contributed by atoms with Crippen LogP contribution in [0.3, 0.4) is 0 Å². The SMILES string of the molecule is CCC.O.O.O=S(=O)(O)O.O=S(=O)(O)O. The first-order valence-corrected chi connectivity index (χ1v) is 5.61. The van der Waals surface area contributed by atoms with E-state index in [-0.39, 0.29) is 11.0 Å². The summed E-state index contributed by atoms with van der Waals surface area (Å²) in [6, 6.07) is 0. The number of hydrogen-bond donors (Lipinski definition) is 4. The zero-order valence-electron chi connectivity index (χ0n) is 7.95. The van der Waals surface area contributed by atoms with Gasteiger partial charge in [-0.05, 0) is 0 Å². The van der Waals surface area contributed by atoms with Crippen LogP contribution in [0.2, 0.25) is 0 Å². The molecule has 0 bridgehead atoms. The minimum atomic E-state index is -4.67. The molecule has 0 atom stereocenters. The summed E-state index contributed by atoms with van der Waals surface area (Å²) in [6.45, 7) is 4.25. The van der Waals surface area contributed by atoms with Crippen molar-refractivity contribution in [2.75, 3.05) is 0 Å². The van der Waals surface area contributed by atoms with Gasteiger partial charge in [-0.2, -0.15) is 16.8 Å². The second kappa shape index (κ2) is 13.7. The molecule has 12 heteroatoms. The van der Waals surface area contributed by atoms with Crippen molar-refractivity contribution in [1.29, 1.82) is 0 Å². The van der Waals surface area contributed by atoms with Crippen molar-refractivity contribution in [2.45, 2.75) is 20.3 Å². The van der Waals surface area contributed by atoms with Crippen molar-refractivity contribution in [3.63, 3.8) is 0 Å². The summed E-state index contributed by atoms with van der Waals surface area (Å²) in [5.41, 5.74) is 0. The standard InChI is InChI=1S/C3H8.2H2O4S.2H2O/c1-3-2;2*1-5(2,3)4;;/h3H2,1-2H3;2*(H2,1,2,3,4);2*1H2. The summed E-state index contributed by atoms with van der Waals surface area (Å²) in [7, 11) is -9.33. The maximum absolute atomic E-state index is 8.74. The normalized spacial score (nSPS) is 8.93. The highest BCUT2D eigenvalue weighted by atomic mass is 32.3. The molecular formula is C3H16O10S2. The largest absolute Gasteiger partial charge is 0.412 e. The van der Waals surface area contributed by atoms with Crippen molar-refractivity contribution in [3.8, 4) is 0 Å². The molecule has 0 aromatic heterocycles. The highest BCUT2D eigenvalue weighted by Crippen LogP contribution is 1.59. The molecule has 100 valence electrons. The van der Waals surface area contributed by atoms with Gasteiger partial charge >= 0.3 is 20.8 Å². The Morgan fingerprint density at radius 2 is 0.733 bits per heavy atom. The Kier molecular flexibility index (Phi) is 26.7. The van der Waals surface area contributed by atoms with Gasteiger partial charge in [-0.25, -0.2) is 0 Å². The molecule has 0 unspecified atom stereocenters. The molecule has 0 aliphatic carbocycles. The van der Waals surface area contributed by atoms with Gasteiger partial charge in [0.1, 0.15) is 0 Å². The summed E-state index contributed by atoms with van der Waals surface area (Å²) in [5.74, 6) is 0. The molecule has 0 fully saturated rings. The minimum absolute atomic E-state index is 0. The maximum atomic E-state index is 8.74. The van der Waals surface area contributed by atoms with E-state index >= 15 is 0 Å². The Bertz CT molecular complexity index is 228. The van der Waals surface area contributed by atoms with E-state index in [9.17, 15) is 0 Å². The summed E-state index contributed by atoms with van der Waals surface area (Å²) >= 11 is 0. The third kappa shape index (κ3) is 16100. The average molecular weight is 276 g/mol. The Morgan fingerprint density at radius 1 is 0.733 bits per heavy atom. The summed E-state index contributed by atoms with van der Waals surface area (Å²) < 4.78 is 63.2. The predicted octanol–water partition coefficient (Wildman–Crippen LogP) is -1.54. The van der Waals surface area contributed by atoms with Crippen LogP contribution in [0.15, 0.2) is 0 Å². The van der Waals surface area contributed by atoms with Gasteiger partial charge in [0.05, 0.1) is 0 Å². The molecule has 0 aromatic rings. The average Bonchev–Trinajstić information content (AvgIpc) is 1.52. The molecule has 0 aromatic carbocycles. The van der Waals surface area contributed by atoms with Gasteiger partial charge in [0, 0.05) is 0 Å². The van der Waals surface area contributed by atoms with Crippen LogP contribution >= 0.6 is 0 Å². The fourth-order valence-electron chi connectivity index (χ4n) is 0. The highest BCUT2D eigenvalue weighted by molar-refractivity contribution is 7.80. The van der Waals surface area contributed by atoms with Crippen molar-refractivity contribution in [1.82, 2.24) is 0 Å². The molecule has 0 spiro atoms. The van der Waals surface area contributed by atoms with Crippen molar-refractivity contribution >= 4 is 20.8 Å². The summed E-state index contributed by atoms with van der Waals surface area (Å²) in [4.78, 5) is 0. The van der Waals surface area contributed by atoms with E-state index in [2.05, 4.69) is 13.8 Å². The van der Waals surface area contributed by atoms with Crippen LogP contribution in [0.25, 0.3) is 0 Å². The lowest BCUT2D eigenvalue weighted by atomic mass is 10.6. The molecular weight excluding hydrogens is 260 g/mol. The molecule has 15 heavy (non-hydrogen) atoms. The zero-order valence-corrected chi connectivity index (χ0v) is 9.58. The number of hydrogen-bond acceptors (Lipinski definition) is 4.